The summed E-state index contributed by atoms with van der Waals surface area (Å²) in [4.78, 5) is 17.3. The van der Waals surface area contributed by atoms with E-state index in [4.69, 9.17) is 5.73 Å². The largest absolute Gasteiger partial charge is 0.368 e. The number of benzene rings is 2. The van der Waals surface area contributed by atoms with Gasteiger partial charge in [0.05, 0.1) is 11.4 Å². The van der Waals surface area contributed by atoms with Crippen molar-refractivity contribution in [3.05, 3.63) is 59.7 Å². The van der Waals surface area contributed by atoms with E-state index in [1.807, 2.05) is 35.2 Å². The monoisotopic (exact) mass is 321 g/mol. The molecule has 4 heteroatoms. The molecule has 2 N–H and O–H groups in total. The first-order valence-corrected chi connectivity index (χ1v) is 8.71. The van der Waals surface area contributed by atoms with Gasteiger partial charge in [-0.25, -0.2) is 0 Å². The van der Waals surface area contributed by atoms with Gasteiger partial charge in [-0.05, 0) is 48.6 Å². The maximum atomic E-state index is 13.0. The van der Waals surface area contributed by atoms with Crippen LogP contribution < -0.4 is 15.5 Å². The SMILES string of the molecule is NCc1ccc(C(=O)N2CCN(CC3CC3)c3ccccc32)cc1. The highest BCUT2D eigenvalue weighted by molar-refractivity contribution is 6.08. The van der Waals surface area contributed by atoms with Gasteiger partial charge in [0.15, 0.2) is 0 Å². The Morgan fingerprint density at radius 2 is 1.71 bits per heavy atom. The fourth-order valence-corrected chi connectivity index (χ4v) is 3.37. The van der Waals surface area contributed by atoms with Gasteiger partial charge in [0.1, 0.15) is 0 Å². The molecule has 0 bridgehead atoms. The van der Waals surface area contributed by atoms with Crippen LogP contribution in [0.5, 0.6) is 0 Å². The first-order chi connectivity index (χ1) is 11.8. The van der Waals surface area contributed by atoms with E-state index in [1.165, 1.54) is 18.5 Å². The Morgan fingerprint density at radius 3 is 2.38 bits per heavy atom. The Kier molecular flexibility index (Phi) is 3.98. The Bertz CT molecular complexity index is 737. The van der Waals surface area contributed by atoms with E-state index in [0.29, 0.717) is 6.54 Å². The van der Waals surface area contributed by atoms with Gasteiger partial charge in [-0.2, -0.15) is 0 Å². The first kappa shape index (κ1) is 15.2. The van der Waals surface area contributed by atoms with Gasteiger partial charge >= 0.3 is 0 Å². The molecule has 124 valence electrons. The summed E-state index contributed by atoms with van der Waals surface area (Å²) in [5.74, 6) is 0.904. The summed E-state index contributed by atoms with van der Waals surface area (Å²) in [7, 11) is 0. The molecule has 0 saturated heterocycles. The number of anilines is 2. The van der Waals surface area contributed by atoms with Crippen molar-refractivity contribution in [3.8, 4) is 0 Å². The third-order valence-corrected chi connectivity index (χ3v) is 4.96. The van der Waals surface area contributed by atoms with Crippen LogP contribution in [-0.4, -0.2) is 25.5 Å². The lowest BCUT2D eigenvalue weighted by Crippen LogP contribution is -2.44. The molecule has 2 aromatic rings. The van der Waals surface area contributed by atoms with Gasteiger partial charge in [0.2, 0.25) is 0 Å². The lowest BCUT2D eigenvalue weighted by atomic mass is 10.1. The topological polar surface area (TPSA) is 49.6 Å². The molecule has 0 spiro atoms. The lowest BCUT2D eigenvalue weighted by Gasteiger charge is -2.38. The van der Waals surface area contributed by atoms with E-state index in [9.17, 15) is 4.79 Å². The van der Waals surface area contributed by atoms with Gasteiger partial charge in [0.25, 0.3) is 5.91 Å². The smallest absolute Gasteiger partial charge is 0.258 e. The van der Waals surface area contributed by atoms with Crippen LogP contribution >= 0.6 is 0 Å². The quantitative estimate of drug-likeness (QED) is 0.942. The minimum Gasteiger partial charge on any atom is -0.368 e. The molecule has 2 aromatic carbocycles. The van der Waals surface area contributed by atoms with Crippen LogP contribution in [0.3, 0.4) is 0 Å². The zero-order chi connectivity index (χ0) is 16.5. The number of carbonyl (C=O) groups is 1. The molecular weight excluding hydrogens is 298 g/mol. The van der Waals surface area contributed by atoms with Crippen LogP contribution in [-0.2, 0) is 6.54 Å². The van der Waals surface area contributed by atoms with Crippen LogP contribution in [0.25, 0.3) is 0 Å². The van der Waals surface area contributed by atoms with E-state index in [2.05, 4.69) is 23.1 Å². The molecule has 0 radical (unpaired) electrons. The van der Waals surface area contributed by atoms with Crippen LogP contribution in [0.15, 0.2) is 48.5 Å². The van der Waals surface area contributed by atoms with Crippen LogP contribution in [0, 0.1) is 5.92 Å². The third kappa shape index (κ3) is 2.89. The number of nitrogens with zero attached hydrogens (tertiary/aromatic N) is 2. The second-order valence-corrected chi connectivity index (χ2v) is 6.74. The molecule has 24 heavy (non-hydrogen) atoms. The highest BCUT2D eigenvalue weighted by Gasteiger charge is 2.31. The maximum Gasteiger partial charge on any atom is 0.258 e. The summed E-state index contributed by atoms with van der Waals surface area (Å²) in [5, 5.41) is 0. The number of hydrogen-bond donors (Lipinski definition) is 1. The molecule has 0 unspecified atom stereocenters. The van der Waals surface area contributed by atoms with Crippen molar-refractivity contribution in [2.75, 3.05) is 29.4 Å². The number of carbonyl (C=O) groups excluding carboxylic acids is 1. The van der Waals surface area contributed by atoms with E-state index in [0.717, 1.165) is 42.4 Å². The molecule has 2 aliphatic rings. The summed E-state index contributed by atoms with van der Waals surface area (Å²) in [6.45, 7) is 3.25. The van der Waals surface area contributed by atoms with Crippen molar-refractivity contribution < 1.29 is 4.79 Å². The number of amides is 1. The maximum absolute atomic E-state index is 13.0. The number of hydrogen-bond acceptors (Lipinski definition) is 3. The molecule has 1 heterocycles. The molecule has 1 aliphatic heterocycles. The minimum absolute atomic E-state index is 0.0668. The summed E-state index contributed by atoms with van der Waals surface area (Å²) < 4.78 is 0. The Balaban J connectivity index is 1.61. The number of para-hydroxylation sites is 2. The van der Waals surface area contributed by atoms with Gasteiger partial charge < -0.3 is 15.5 Å². The highest BCUT2D eigenvalue weighted by atomic mass is 16.2. The van der Waals surface area contributed by atoms with Crippen molar-refractivity contribution in [2.24, 2.45) is 11.7 Å². The average molecular weight is 321 g/mol. The van der Waals surface area contributed by atoms with Crippen molar-refractivity contribution in [3.63, 3.8) is 0 Å². The van der Waals surface area contributed by atoms with E-state index in [-0.39, 0.29) is 5.91 Å². The van der Waals surface area contributed by atoms with Crippen LogP contribution in [0.1, 0.15) is 28.8 Å². The van der Waals surface area contributed by atoms with Gasteiger partial charge in [0, 0.05) is 31.7 Å². The number of rotatable bonds is 4. The number of fused-ring (bicyclic) bond motifs is 1. The molecule has 0 aromatic heterocycles. The summed E-state index contributed by atoms with van der Waals surface area (Å²) in [6, 6.07) is 15.9. The van der Waals surface area contributed by atoms with Crippen molar-refractivity contribution >= 4 is 17.3 Å². The number of nitrogens with two attached hydrogens (primary N) is 1. The van der Waals surface area contributed by atoms with Crippen molar-refractivity contribution in [2.45, 2.75) is 19.4 Å². The summed E-state index contributed by atoms with van der Waals surface area (Å²) >= 11 is 0. The van der Waals surface area contributed by atoms with Crippen LogP contribution in [0.4, 0.5) is 11.4 Å². The van der Waals surface area contributed by atoms with Crippen LogP contribution in [0.2, 0.25) is 0 Å². The normalized spacial score (nSPS) is 16.9. The third-order valence-electron chi connectivity index (χ3n) is 4.96. The zero-order valence-corrected chi connectivity index (χ0v) is 13.8. The molecule has 4 nitrogen and oxygen atoms in total. The minimum atomic E-state index is 0.0668. The molecule has 1 fully saturated rings. The molecule has 0 atom stereocenters. The standard InChI is InChI=1S/C20H23N3O/c21-13-15-7-9-17(10-8-15)20(24)23-12-11-22(14-16-5-6-16)18-3-1-2-4-19(18)23/h1-4,7-10,16H,5-6,11-14,21H2. The lowest BCUT2D eigenvalue weighted by molar-refractivity contribution is 0.0986. The van der Waals surface area contributed by atoms with E-state index in [1.54, 1.807) is 0 Å². The molecule has 4 rings (SSSR count). The summed E-state index contributed by atoms with van der Waals surface area (Å²) in [6.07, 6.45) is 2.68. The van der Waals surface area contributed by atoms with E-state index >= 15 is 0 Å². The van der Waals surface area contributed by atoms with E-state index < -0.39 is 0 Å². The van der Waals surface area contributed by atoms with Gasteiger partial charge in [-0.1, -0.05) is 24.3 Å². The molecule has 1 amide bonds. The molecular formula is C20H23N3O. The Hall–Kier alpha value is -2.33. The van der Waals surface area contributed by atoms with Gasteiger partial charge in [-0.15, -0.1) is 0 Å². The summed E-state index contributed by atoms with van der Waals surface area (Å²) in [5.41, 5.74) is 9.61. The second-order valence-electron chi connectivity index (χ2n) is 6.74. The fraction of sp³-hybridized carbons (Fsp3) is 0.350. The Labute approximate surface area is 142 Å². The van der Waals surface area contributed by atoms with Crippen molar-refractivity contribution in [1.82, 2.24) is 0 Å². The molecule has 1 aliphatic carbocycles. The second kappa shape index (κ2) is 6.29. The zero-order valence-electron chi connectivity index (χ0n) is 13.8. The fourth-order valence-electron chi connectivity index (χ4n) is 3.37. The van der Waals surface area contributed by atoms with Crippen molar-refractivity contribution in [1.29, 1.82) is 0 Å². The predicted molar refractivity (Wildman–Crippen MR) is 97.4 cm³/mol. The van der Waals surface area contributed by atoms with Gasteiger partial charge in [-0.3, -0.25) is 4.79 Å². The Morgan fingerprint density at radius 1 is 1.00 bits per heavy atom. The first-order valence-electron chi connectivity index (χ1n) is 8.71. The highest BCUT2D eigenvalue weighted by Crippen LogP contribution is 2.37. The predicted octanol–water partition coefficient (Wildman–Crippen LogP) is 3.02. The molecule has 1 saturated carbocycles. The average Bonchev–Trinajstić information content (AvgIpc) is 3.46.